The number of ketones is 1. The Morgan fingerprint density at radius 2 is 1.70 bits per heavy atom. The third-order valence-electron chi connectivity index (χ3n) is 4.72. The Balaban J connectivity index is 2.41. The minimum absolute atomic E-state index is 0.0199. The summed E-state index contributed by atoms with van der Waals surface area (Å²) in [6.45, 7) is 3.21. The van der Waals surface area contributed by atoms with Gasteiger partial charge in [-0.2, -0.15) is 23.7 Å². The van der Waals surface area contributed by atoms with Gasteiger partial charge in [-0.3, -0.25) is 9.59 Å². The number of benzene rings is 1. The van der Waals surface area contributed by atoms with E-state index in [9.17, 15) is 22.8 Å². The van der Waals surface area contributed by atoms with Crippen LogP contribution in [0.2, 0.25) is 0 Å². The van der Waals surface area contributed by atoms with E-state index in [2.05, 4.69) is 0 Å². The average Bonchev–Trinajstić information content (AvgIpc) is 3.50. The zero-order chi connectivity index (χ0) is 22.2. The molecule has 0 saturated heterocycles. The van der Waals surface area contributed by atoms with E-state index >= 15 is 0 Å². The number of allylic oxidation sites excluding steroid dienone is 1. The van der Waals surface area contributed by atoms with Crippen LogP contribution in [0.15, 0.2) is 28.6 Å². The summed E-state index contributed by atoms with van der Waals surface area (Å²) in [4.78, 5) is 27.9. The number of alkyl halides is 3. The van der Waals surface area contributed by atoms with E-state index in [0.717, 1.165) is 5.57 Å². The SMILES string of the molecule is CC(C)c1c(C(=O)c2cc(C#N)cc(C#N)c2)c(C=C2CC2)c(C(F)(F)F)[nH]c1=O. The van der Waals surface area contributed by atoms with E-state index in [4.69, 9.17) is 10.5 Å². The van der Waals surface area contributed by atoms with E-state index in [1.807, 2.05) is 17.1 Å². The fraction of sp³-hybridized carbons (Fsp3) is 0.273. The molecule has 1 aromatic heterocycles. The molecule has 30 heavy (non-hydrogen) atoms. The normalized spacial score (nSPS) is 13.0. The molecule has 1 aromatic carbocycles. The standard InChI is InChI=1S/C22H16F3N3O2/c1-11(2)17-18(19(29)15-6-13(9-26)5-14(7-15)10-27)16(8-12-3-4-12)20(22(23,24)25)28-21(17)30/h5-8,11H,3-4H2,1-2H3,(H,28,30). The molecule has 1 heterocycles. The molecule has 0 spiro atoms. The second-order valence-electron chi connectivity index (χ2n) is 7.34. The molecule has 0 aliphatic heterocycles. The molecule has 1 fully saturated rings. The highest BCUT2D eigenvalue weighted by molar-refractivity contribution is 6.12. The highest BCUT2D eigenvalue weighted by Crippen LogP contribution is 2.38. The second-order valence-corrected chi connectivity index (χ2v) is 7.34. The van der Waals surface area contributed by atoms with Gasteiger partial charge in [0.2, 0.25) is 0 Å². The van der Waals surface area contributed by atoms with Crippen molar-refractivity contribution in [1.82, 2.24) is 4.98 Å². The molecule has 3 rings (SSSR count). The molecular weight excluding hydrogens is 395 g/mol. The third kappa shape index (κ3) is 4.04. The Morgan fingerprint density at radius 3 is 2.13 bits per heavy atom. The number of aromatic nitrogens is 1. The highest BCUT2D eigenvalue weighted by Gasteiger charge is 2.38. The number of carbonyl (C=O) groups is 1. The molecule has 1 N–H and O–H groups in total. The van der Waals surface area contributed by atoms with E-state index in [0.29, 0.717) is 12.8 Å². The van der Waals surface area contributed by atoms with Crippen LogP contribution in [0.1, 0.15) is 76.5 Å². The van der Waals surface area contributed by atoms with Crippen LogP contribution in [0.4, 0.5) is 13.2 Å². The van der Waals surface area contributed by atoms with Crippen LogP contribution in [-0.4, -0.2) is 10.8 Å². The molecule has 1 aliphatic carbocycles. The number of nitrogens with zero attached hydrogens (tertiary/aromatic N) is 2. The van der Waals surface area contributed by atoms with E-state index < -0.39 is 29.1 Å². The molecule has 0 amide bonds. The van der Waals surface area contributed by atoms with Crippen molar-refractivity contribution in [3.63, 3.8) is 0 Å². The first-order valence-electron chi connectivity index (χ1n) is 9.13. The van der Waals surface area contributed by atoms with Gasteiger partial charge in [0.25, 0.3) is 5.56 Å². The predicted molar refractivity (Wildman–Crippen MR) is 103 cm³/mol. The van der Waals surface area contributed by atoms with E-state index in [1.54, 1.807) is 13.8 Å². The summed E-state index contributed by atoms with van der Waals surface area (Å²) in [7, 11) is 0. The van der Waals surface area contributed by atoms with Crippen LogP contribution in [0, 0.1) is 22.7 Å². The van der Waals surface area contributed by atoms with Gasteiger partial charge >= 0.3 is 6.18 Å². The number of hydrogen-bond donors (Lipinski definition) is 1. The van der Waals surface area contributed by atoms with Crippen molar-refractivity contribution in [3.8, 4) is 12.1 Å². The Hall–Kier alpha value is -3.65. The molecular formula is C22H16F3N3O2. The molecule has 1 saturated carbocycles. The Morgan fingerprint density at radius 1 is 1.13 bits per heavy atom. The van der Waals surface area contributed by atoms with Crippen LogP contribution < -0.4 is 5.56 Å². The lowest BCUT2D eigenvalue weighted by Crippen LogP contribution is -2.27. The van der Waals surface area contributed by atoms with Crippen molar-refractivity contribution < 1.29 is 18.0 Å². The summed E-state index contributed by atoms with van der Waals surface area (Å²) in [6, 6.07) is 7.33. The van der Waals surface area contributed by atoms with Gasteiger partial charge in [-0.25, -0.2) is 0 Å². The van der Waals surface area contributed by atoms with Crippen molar-refractivity contribution in [2.75, 3.05) is 0 Å². The van der Waals surface area contributed by atoms with E-state index in [1.165, 1.54) is 24.3 Å². The Kier molecular flexibility index (Phi) is 5.37. The lowest BCUT2D eigenvalue weighted by molar-refractivity contribution is -0.141. The molecule has 2 aromatic rings. The summed E-state index contributed by atoms with van der Waals surface area (Å²) >= 11 is 0. The number of aromatic amines is 1. The number of halogens is 3. The number of nitrogens with one attached hydrogen (secondary N) is 1. The van der Waals surface area contributed by atoms with Gasteiger partial charge in [0.15, 0.2) is 5.78 Å². The largest absolute Gasteiger partial charge is 0.431 e. The molecule has 0 atom stereocenters. The first-order chi connectivity index (χ1) is 14.1. The number of pyridine rings is 1. The number of hydrogen-bond acceptors (Lipinski definition) is 4. The van der Waals surface area contributed by atoms with Gasteiger partial charge in [0, 0.05) is 22.3 Å². The summed E-state index contributed by atoms with van der Waals surface area (Å²) in [5.74, 6) is -1.38. The van der Waals surface area contributed by atoms with Gasteiger partial charge in [-0.1, -0.05) is 25.5 Å². The molecule has 0 bridgehead atoms. The minimum Gasteiger partial charge on any atom is -0.318 e. The van der Waals surface area contributed by atoms with Crippen molar-refractivity contribution >= 4 is 11.9 Å². The van der Waals surface area contributed by atoms with Gasteiger partial charge in [-0.05, 0) is 37.0 Å². The molecule has 1 aliphatic rings. The van der Waals surface area contributed by atoms with Crippen LogP contribution in [0.5, 0.6) is 0 Å². The van der Waals surface area contributed by atoms with Gasteiger partial charge in [0.05, 0.1) is 23.3 Å². The van der Waals surface area contributed by atoms with Crippen molar-refractivity contribution in [1.29, 1.82) is 10.5 Å². The predicted octanol–water partition coefficient (Wildman–Crippen LogP) is 4.67. The third-order valence-corrected chi connectivity index (χ3v) is 4.72. The van der Waals surface area contributed by atoms with E-state index in [-0.39, 0.29) is 33.4 Å². The Bertz CT molecular complexity index is 1180. The highest BCUT2D eigenvalue weighted by atomic mass is 19.4. The fourth-order valence-corrected chi connectivity index (χ4v) is 3.25. The second kappa shape index (κ2) is 7.64. The molecule has 0 radical (unpaired) electrons. The maximum absolute atomic E-state index is 13.7. The minimum atomic E-state index is -4.88. The zero-order valence-corrected chi connectivity index (χ0v) is 16.1. The molecule has 152 valence electrons. The molecule has 8 heteroatoms. The first kappa shape index (κ1) is 21.1. The maximum atomic E-state index is 13.7. The van der Waals surface area contributed by atoms with Gasteiger partial charge in [-0.15, -0.1) is 0 Å². The summed E-state index contributed by atoms with van der Waals surface area (Å²) in [5, 5.41) is 18.3. The van der Waals surface area contributed by atoms with Gasteiger partial charge in [0.1, 0.15) is 5.69 Å². The van der Waals surface area contributed by atoms with Gasteiger partial charge < -0.3 is 4.98 Å². The molecule has 0 unspecified atom stereocenters. The van der Waals surface area contributed by atoms with Crippen molar-refractivity contribution in [2.24, 2.45) is 0 Å². The number of nitriles is 2. The number of carbonyl (C=O) groups excluding carboxylic acids is 1. The summed E-state index contributed by atoms with van der Waals surface area (Å²) in [5.41, 5.74) is -2.42. The lowest BCUT2D eigenvalue weighted by atomic mass is 9.87. The monoisotopic (exact) mass is 411 g/mol. The maximum Gasteiger partial charge on any atom is 0.431 e. The fourth-order valence-electron chi connectivity index (χ4n) is 3.25. The van der Waals surface area contributed by atoms with Crippen LogP contribution in [0.3, 0.4) is 0 Å². The lowest BCUT2D eigenvalue weighted by Gasteiger charge is -2.19. The zero-order valence-electron chi connectivity index (χ0n) is 16.1. The number of H-pyrrole nitrogens is 1. The molecule has 5 nitrogen and oxygen atoms in total. The summed E-state index contributed by atoms with van der Waals surface area (Å²) in [6.07, 6.45) is -2.35. The topological polar surface area (TPSA) is 97.5 Å². The Labute approximate surface area is 170 Å². The van der Waals surface area contributed by atoms with Crippen LogP contribution >= 0.6 is 0 Å². The van der Waals surface area contributed by atoms with Crippen LogP contribution in [-0.2, 0) is 6.18 Å². The first-order valence-corrected chi connectivity index (χ1v) is 9.13. The summed E-state index contributed by atoms with van der Waals surface area (Å²) < 4.78 is 41.2. The smallest absolute Gasteiger partial charge is 0.318 e. The van der Waals surface area contributed by atoms with Crippen LogP contribution in [0.25, 0.3) is 6.08 Å². The number of rotatable bonds is 4. The van der Waals surface area contributed by atoms with Crippen molar-refractivity contribution in [2.45, 2.75) is 38.8 Å². The average molecular weight is 411 g/mol. The quantitative estimate of drug-likeness (QED) is 0.740. The van der Waals surface area contributed by atoms with Crippen molar-refractivity contribution in [3.05, 3.63) is 73.2 Å².